The van der Waals surface area contributed by atoms with E-state index in [0.717, 1.165) is 16.5 Å². The van der Waals surface area contributed by atoms with Crippen molar-refractivity contribution in [1.29, 1.82) is 0 Å². The van der Waals surface area contributed by atoms with E-state index in [1.54, 1.807) is 6.20 Å². The maximum absolute atomic E-state index is 11.9. The van der Waals surface area contributed by atoms with E-state index in [-0.39, 0.29) is 5.97 Å². The van der Waals surface area contributed by atoms with Gasteiger partial charge in [-0.2, -0.15) is 0 Å². The van der Waals surface area contributed by atoms with Crippen molar-refractivity contribution in [3.8, 4) is 0 Å². The van der Waals surface area contributed by atoms with Crippen molar-refractivity contribution >= 4 is 28.5 Å². The number of ether oxygens (including phenoxy) is 1. The number of esters is 1. The number of halogens is 1. The summed E-state index contributed by atoms with van der Waals surface area (Å²) >= 11 is 5.90. The zero-order valence-electron chi connectivity index (χ0n) is 11.4. The van der Waals surface area contributed by atoms with E-state index in [2.05, 4.69) is 4.98 Å². The van der Waals surface area contributed by atoms with E-state index >= 15 is 0 Å². The van der Waals surface area contributed by atoms with Gasteiger partial charge >= 0.3 is 5.97 Å². The van der Waals surface area contributed by atoms with Crippen LogP contribution in [0.15, 0.2) is 48.9 Å². The predicted octanol–water partition coefficient (Wildman–Crippen LogP) is 3.52. The zero-order chi connectivity index (χ0) is 14.8. The molecular formula is C16H13ClN2O2. The van der Waals surface area contributed by atoms with Gasteiger partial charge in [-0.15, -0.1) is 0 Å². The molecule has 0 bridgehead atoms. The van der Waals surface area contributed by atoms with Gasteiger partial charge in [0.15, 0.2) is 0 Å². The molecule has 0 aliphatic heterocycles. The van der Waals surface area contributed by atoms with Gasteiger partial charge in [0.2, 0.25) is 0 Å². The minimum absolute atomic E-state index is 0.385. The quantitative estimate of drug-likeness (QED) is 0.695. The highest BCUT2D eigenvalue weighted by atomic mass is 35.5. The molecule has 0 radical (unpaired) electrons. The first-order valence-electron chi connectivity index (χ1n) is 6.44. The average molecular weight is 301 g/mol. The number of methoxy groups -OCH3 is 1. The second-order valence-corrected chi connectivity index (χ2v) is 5.12. The van der Waals surface area contributed by atoms with Gasteiger partial charge in [0.05, 0.1) is 12.6 Å². The first-order valence-corrected chi connectivity index (χ1v) is 6.82. The topological polar surface area (TPSA) is 44.1 Å². The largest absolute Gasteiger partial charge is 0.465 e. The van der Waals surface area contributed by atoms with Crippen LogP contribution < -0.4 is 0 Å². The molecule has 2 aromatic heterocycles. The summed E-state index contributed by atoms with van der Waals surface area (Å²) in [7, 11) is 1.37. The maximum Gasteiger partial charge on any atom is 0.341 e. The number of fused-ring (bicyclic) bond motifs is 1. The van der Waals surface area contributed by atoms with E-state index in [9.17, 15) is 4.79 Å². The minimum atomic E-state index is -0.385. The minimum Gasteiger partial charge on any atom is -0.465 e. The third kappa shape index (κ3) is 2.62. The molecule has 0 aliphatic carbocycles. The first-order chi connectivity index (χ1) is 10.2. The van der Waals surface area contributed by atoms with Crippen LogP contribution in [-0.4, -0.2) is 22.6 Å². The number of rotatable bonds is 3. The Labute approximate surface area is 126 Å². The Bertz CT molecular complexity index is 794. The molecule has 0 atom stereocenters. The van der Waals surface area contributed by atoms with Gasteiger partial charge in [-0.3, -0.25) is 4.98 Å². The summed E-state index contributed by atoms with van der Waals surface area (Å²) in [6.07, 6.45) is 5.21. The Morgan fingerprint density at radius 2 is 2.00 bits per heavy atom. The Morgan fingerprint density at radius 1 is 1.24 bits per heavy atom. The van der Waals surface area contributed by atoms with Crippen molar-refractivity contribution in [2.75, 3.05) is 7.11 Å². The summed E-state index contributed by atoms with van der Waals surface area (Å²) in [5.74, 6) is -0.385. The molecular weight excluding hydrogens is 288 g/mol. The van der Waals surface area contributed by atoms with Gasteiger partial charge < -0.3 is 9.30 Å². The van der Waals surface area contributed by atoms with Gasteiger partial charge in [0.25, 0.3) is 0 Å². The van der Waals surface area contributed by atoms with E-state index in [4.69, 9.17) is 16.3 Å². The summed E-state index contributed by atoms with van der Waals surface area (Å²) < 4.78 is 6.83. The molecule has 0 aliphatic rings. The Kier molecular flexibility index (Phi) is 3.62. The van der Waals surface area contributed by atoms with Crippen LogP contribution in [-0.2, 0) is 11.3 Å². The number of benzene rings is 1. The molecule has 106 valence electrons. The van der Waals surface area contributed by atoms with Crippen LogP contribution in [0, 0.1) is 0 Å². The highest BCUT2D eigenvalue weighted by Crippen LogP contribution is 2.21. The number of pyridine rings is 1. The molecule has 21 heavy (non-hydrogen) atoms. The summed E-state index contributed by atoms with van der Waals surface area (Å²) in [5.41, 5.74) is 2.39. The van der Waals surface area contributed by atoms with Crippen LogP contribution in [0.25, 0.3) is 10.9 Å². The molecule has 0 fully saturated rings. The standard InChI is InChI=1S/C16H13ClN2O2/c1-21-16(20)14-9-18-8-12-6-7-19(15(12)14)10-11-2-4-13(17)5-3-11/h2-9H,10H2,1H3. The lowest BCUT2D eigenvalue weighted by Crippen LogP contribution is -2.07. The van der Waals surface area contributed by atoms with Crippen molar-refractivity contribution in [2.45, 2.75) is 6.54 Å². The van der Waals surface area contributed by atoms with E-state index < -0.39 is 0 Å². The third-order valence-corrected chi connectivity index (χ3v) is 3.59. The maximum atomic E-state index is 11.9. The third-order valence-electron chi connectivity index (χ3n) is 3.34. The van der Waals surface area contributed by atoms with Crippen LogP contribution in [0.2, 0.25) is 5.02 Å². The van der Waals surface area contributed by atoms with Crippen molar-refractivity contribution in [3.05, 3.63) is 65.1 Å². The number of hydrogen-bond acceptors (Lipinski definition) is 3. The summed E-state index contributed by atoms with van der Waals surface area (Å²) in [4.78, 5) is 16.0. The second kappa shape index (κ2) is 5.58. The molecule has 0 spiro atoms. The van der Waals surface area contributed by atoms with E-state index in [1.807, 2.05) is 41.1 Å². The highest BCUT2D eigenvalue weighted by Gasteiger charge is 2.14. The fourth-order valence-corrected chi connectivity index (χ4v) is 2.46. The van der Waals surface area contributed by atoms with Crippen LogP contribution in [0.3, 0.4) is 0 Å². The molecule has 4 nitrogen and oxygen atoms in total. The van der Waals surface area contributed by atoms with Gasteiger partial charge in [-0.05, 0) is 23.8 Å². The molecule has 5 heteroatoms. The number of hydrogen-bond donors (Lipinski definition) is 0. The van der Waals surface area contributed by atoms with Gasteiger partial charge in [0.1, 0.15) is 5.56 Å². The molecule has 1 aromatic carbocycles. The van der Waals surface area contributed by atoms with Crippen molar-refractivity contribution in [3.63, 3.8) is 0 Å². The fourth-order valence-electron chi connectivity index (χ4n) is 2.33. The molecule has 0 saturated carbocycles. The monoisotopic (exact) mass is 300 g/mol. The van der Waals surface area contributed by atoms with Crippen LogP contribution in [0.4, 0.5) is 0 Å². The lowest BCUT2D eigenvalue weighted by atomic mass is 10.2. The first kappa shape index (κ1) is 13.6. The van der Waals surface area contributed by atoms with Gasteiger partial charge in [-0.1, -0.05) is 23.7 Å². The van der Waals surface area contributed by atoms with E-state index in [0.29, 0.717) is 17.1 Å². The predicted molar refractivity (Wildman–Crippen MR) is 81.6 cm³/mol. The normalized spacial score (nSPS) is 10.8. The van der Waals surface area contributed by atoms with Crippen molar-refractivity contribution in [2.24, 2.45) is 0 Å². The number of carbonyl (C=O) groups excluding carboxylic acids is 1. The molecule has 3 rings (SSSR count). The lowest BCUT2D eigenvalue weighted by molar-refractivity contribution is 0.0602. The number of aromatic nitrogens is 2. The fraction of sp³-hybridized carbons (Fsp3) is 0.125. The second-order valence-electron chi connectivity index (χ2n) is 4.69. The Balaban J connectivity index is 2.06. The average Bonchev–Trinajstić information content (AvgIpc) is 2.92. The SMILES string of the molecule is COC(=O)c1cncc2ccn(Cc3ccc(Cl)cc3)c12. The summed E-state index contributed by atoms with van der Waals surface area (Å²) in [6, 6.07) is 9.57. The van der Waals surface area contributed by atoms with Gasteiger partial charge in [-0.25, -0.2) is 4.79 Å². The highest BCUT2D eigenvalue weighted by molar-refractivity contribution is 6.30. The lowest BCUT2D eigenvalue weighted by Gasteiger charge is -2.09. The molecule has 0 amide bonds. The Morgan fingerprint density at radius 3 is 2.71 bits per heavy atom. The van der Waals surface area contributed by atoms with Gasteiger partial charge in [0, 0.05) is 35.5 Å². The summed E-state index contributed by atoms with van der Waals surface area (Å²) in [5, 5.41) is 1.61. The van der Waals surface area contributed by atoms with Crippen LogP contribution >= 0.6 is 11.6 Å². The number of nitrogens with zero attached hydrogens (tertiary/aromatic N) is 2. The van der Waals surface area contributed by atoms with E-state index in [1.165, 1.54) is 13.3 Å². The summed E-state index contributed by atoms with van der Waals surface area (Å²) in [6.45, 7) is 0.647. The molecule has 3 aromatic rings. The van der Waals surface area contributed by atoms with Crippen LogP contribution in [0.1, 0.15) is 15.9 Å². The molecule has 0 N–H and O–H groups in total. The molecule has 0 unspecified atom stereocenters. The smallest absolute Gasteiger partial charge is 0.341 e. The molecule has 0 saturated heterocycles. The molecule has 2 heterocycles. The van der Waals surface area contributed by atoms with Crippen molar-refractivity contribution < 1.29 is 9.53 Å². The van der Waals surface area contributed by atoms with Crippen LogP contribution in [0.5, 0.6) is 0 Å². The Hall–Kier alpha value is -2.33. The zero-order valence-corrected chi connectivity index (χ0v) is 12.2. The van der Waals surface area contributed by atoms with Crippen molar-refractivity contribution in [1.82, 2.24) is 9.55 Å². The number of carbonyl (C=O) groups is 1.